The molecule has 128 valence electrons. The second-order valence-electron chi connectivity index (χ2n) is 6.72. The van der Waals surface area contributed by atoms with Crippen LogP contribution in [0.3, 0.4) is 0 Å². The first-order valence-electron chi connectivity index (χ1n) is 8.79. The number of amides is 1. The normalized spacial score (nSPS) is 21.8. The summed E-state index contributed by atoms with van der Waals surface area (Å²) in [5.74, 6) is 1.04. The summed E-state index contributed by atoms with van der Waals surface area (Å²) in [5.41, 5.74) is 4.71. The van der Waals surface area contributed by atoms with E-state index in [0.29, 0.717) is 0 Å². The Morgan fingerprint density at radius 1 is 1.16 bits per heavy atom. The number of fused-ring (bicyclic) bond motifs is 3. The van der Waals surface area contributed by atoms with Gasteiger partial charge in [0, 0.05) is 18.4 Å². The number of rotatable bonds is 2. The topological polar surface area (TPSA) is 41.9 Å². The van der Waals surface area contributed by atoms with Gasteiger partial charge in [-0.15, -0.1) is 0 Å². The van der Waals surface area contributed by atoms with Crippen molar-refractivity contribution in [3.05, 3.63) is 65.2 Å². The molecule has 1 amide bonds. The van der Waals surface area contributed by atoms with Crippen LogP contribution in [0.15, 0.2) is 53.6 Å². The van der Waals surface area contributed by atoms with Crippen LogP contribution in [0.1, 0.15) is 42.5 Å². The lowest BCUT2D eigenvalue weighted by Gasteiger charge is -2.26. The fourth-order valence-corrected chi connectivity index (χ4v) is 4.06. The molecule has 1 aliphatic carbocycles. The van der Waals surface area contributed by atoms with E-state index in [9.17, 15) is 4.79 Å². The molecule has 0 fully saturated rings. The number of carbonyl (C=O) groups excluding carboxylic acids is 1. The van der Waals surface area contributed by atoms with Gasteiger partial charge in [0.05, 0.1) is 18.9 Å². The van der Waals surface area contributed by atoms with Crippen molar-refractivity contribution in [2.24, 2.45) is 11.0 Å². The van der Waals surface area contributed by atoms with Crippen molar-refractivity contribution in [2.75, 3.05) is 7.11 Å². The minimum atomic E-state index is -0.0374. The summed E-state index contributed by atoms with van der Waals surface area (Å²) in [6, 6.07) is 16.4. The standard InChI is InChI=1S/C21H22N2O2/c1-14(24)23-21(16-10-12-17(25-2)13-11-16)19-9-5-7-15-6-3-4-8-18(15)20(19)22-23/h3-4,6,8,10-13,19,21H,5,7,9H2,1-2H3. The number of hydrazone groups is 1. The molecule has 2 aromatic carbocycles. The molecule has 4 heteroatoms. The lowest BCUT2D eigenvalue weighted by molar-refractivity contribution is -0.131. The maximum Gasteiger partial charge on any atom is 0.240 e. The van der Waals surface area contributed by atoms with Crippen molar-refractivity contribution in [3.63, 3.8) is 0 Å². The van der Waals surface area contributed by atoms with Gasteiger partial charge in [-0.1, -0.05) is 36.4 Å². The van der Waals surface area contributed by atoms with Crippen LogP contribution in [0.2, 0.25) is 0 Å². The molecular weight excluding hydrogens is 312 g/mol. The van der Waals surface area contributed by atoms with Gasteiger partial charge in [-0.3, -0.25) is 4.79 Å². The van der Waals surface area contributed by atoms with Gasteiger partial charge in [-0.25, -0.2) is 5.01 Å². The lowest BCUT2D eigenvalue weighted by Crippen LogP contribution is -2.29. The maximum absolute atomic E-state index is 12.3. The predicted octanol–water partition coefficient (Wildman–Crippen LogP) is 3.96. The molecule has 2 atom stereocenters. The molecule has 4 nitrogen and oxygen atoms in total. The zero-order valence-electron chi connectivity index (χ0n) is 14.6. The first-order chi connectivity index (χ1) is 12.2. The highest BCUT2D eigenvalue weighted by Gasteiger charge is 2.41. The molecular formula is C21H22N2O2. The van der Waals surface area contributed by atoms with Gasteiger partial charge in [-0.05, 0) is 42.5 Å². The van der Waals surface area contributed by atoms with E-state index >= 15 is 0 Å². The van der Waals surface area contributed by atoms with Crippen LogP contribution in [0.25, 0.3) is 0 Å². The molecule has 0 aromatic heterocycles. The molecule has 0 spiro atoms. The van der Waals surface area contributed by atoms with Gasteiger partial charge >= 0.3 is 0 Å². The molecule has 0 radical (unpaired) electrons. The van der Waals surface area contributed by atoms with Crippen molar-refractivity contribution >= 4 is 11.6 Å². The van der Waals surface area contributed by atoms with Crippen LogP contribution < -0.4 is 4.74 Å². The van der Waals surface area contributed by atoms with Crippen molar-refractivity contribution in [3.8, 4) is 5.75 Å². The van der Waals surface area contributed by atoms with Crippen LogP contribution in [0.5, 0.6) is 5.75 Å². The van der Waals surface area contributed by atoms with E-state index in [1.54, 1.807) is 19.0 Å². The van der Waals surface area contributed by atoms with Crippen molar-refractivity contribution < 1.29 is 9.53 Å². The number of methoxy groups -OCH3 is 1. The lowest BCUT2D eigenvalue weighted by atomic mass is 9.85. The number of aryl methyl sites for hydroxylation is 1. The second-order valence-corrected chi connectivity index (χ2v) is 6.72. The number of hydrogen-bond donors (Lipinski definition) is 0. The Hall–Kier alpha value is -2.62. The van der Waals surface area contributed by atoms with Gasteiger partial charge in [0.1, 0.15) is 5.75 Å². The third-order valence-corrected chi connectivity index (χ3v) is 5.25. The number of ether oxygens (including phenoxy) is 1. The third kappa shape index (κ3) is 2.72. The molecule has 2 aliphatic rings. The van der Waals surface area contributed by atoms with Crippen LogP contribution >= 0.6 is 0 Å². The predicted molar refractivity (Wildman–Crippen MR) is 97.7 cm³/mol. The molecule has 4 rings (SSSR count). The molecule has 0 saturated heterocycles. The highest BCUT2D eigenvalue weighted by molar-refractivity contribution is 6.06. The average Bonchev–Trinajstić information content (AvgIpc) is 2.92. The van der Waals surface area contributed by atoms with Crippen LogP contribution in [0.4, 0.5) is 0 Å². The zero-order chi connectivity index (χ0) is 17.4. The van der Waals surface area contributed by atoms with Crippen molar-refractivity contribution in [1.29, 1.82) is 0 Å². The van der Waals surface area contributed by atoms with E-state index in [4.69, 9.17) is 9.84 Å². The quantitative estimate of drug-likeness (QED) is 0.834. The summed E-state index contributed by atoms with van der Waals surface area (Å²) in [6.07, 6.45) is 3.22. The fraction of sp³-hybridized carbons (Fsp3) is 0.333. The molecule has 2 aromatic rings. The maximum atomic E-state index is 12.3. The van der Waals surface area contributed by atoms with Gasteiger partial charge in [0.2, 0.25) is 5.91 Å². The third-order valence-electron chi connectivity index (χ3n) is 5.25. The fourth-order valence-electron chi connectivity index (χ4n) is 4.06. The summed E-state index contributed by atoms with van der Waals surface area (Å²) in [5, 5.41) is 6.45. The Morgan fingerprint density at radius 2 is 1.92 bits per heavy atom. The van der Waals surface area contributed by atoms with E-state index in [1.807, 2.05) is 12.1 Å². The number of hydrogen-bond acceptors (Lipinski definition) is 3. The largest absolute Gasteiger partial charge is 0.497 e. The highest BCUT2D eigenvalue weighted by Crippen LogP contribution is 2.42. The Bertz CT molecular complexity index is 826. The molecule has 0 bridgehead atoms. The van der Waals surface area contributed by atoms with Crippen molar-refractivity contribution in [2.45, 2.75) is 32.2 Å². The molecule has 25 heavy (non-hydrogen) atoms. The minimum absolute atomic E-state index is 0.0149. The Morgan fingerprint density at radius 3 is 2.64 bits per heavy atom. The molecule has 0 saturated carbocycles. The molecule has 0 N–H and O–H groups in total. The van der Waals surface area contributed by atoms with Gasteiger partial charge in [0.25, 0.3) is 0 Å². The Kier molecular flexibility index (Phi) is 4.04. The second kappa shape index (κ2) is 6.36. The minimum Gasteiger partial charge on any atom is -0.497 e. The van der Waals surface area contributed by atoms with E-state index in [1.165, 1.54) is 11.1 Å². The molecule has 2 unspecified atom stereocenters. The summed E-state index contributed by atoms with van der Waals surface area (Å²) >= 11 is 0. The van der Waals surface area contributed by atoms with E-state index < -0.39 is 0 Å². The first kappa shape index (κ1) is 15.9. The first-order valence-corrected chi connectivity index (χ1v) is 8.79. The summed E-state index contributed by atoms with van der Waals surface area (Å²) in [4.78, 5) is 12.3. The monoisotopic (exact) mass is 334 g/mol. The van der Waals surface area contributed by atoms with E-state index in [2.05, 4.69) is 36.4 Å². The molecule has 1 heterocycles. The van der Waals surface area contributed by atoms with E-state index in [-0.39, 0.29) is 17.9 Å². The van der Waals surface area contributed by atoms with Crippen LogP contribution in [-0.4, -0.2) is 23.7 Å². The van der Waals surface area contributed by atoms with Gasteiger partial charge in [0.15, 0.2) is 0 Å². The SMILES string of the molecule is COc1ccc(C2C3CCCc4ccccc4C3=NN2C(C)=O)cc1. The van der Waals surface area contributed by atoms with Crippen molar-refractivity contribution in [1.82, 2.24) is 5.01 Å². The Balaban J connectivity index is 1.79. The average molecular weight is 334 g/mol. The van der Waals surface area contributed by atoms with Gasteiger partial charge in [-0.2, -0.15) is 5.10 Å². The Labute approximate surface area is 148 Å². The number of nitrogens with zero attached hydrogens (tertiary/aromatic N) is 2. The number of carbonyl (C=O) groups is 1. The zero-order valence-corrected chi connectivity index (χ0v) is 14.6. The molecule has 1 aliphatic heterocycles. The number of benzene rings is 2. The smallest absolute Gasteiger partial charge is 0.240 e. The van der Waals surface area contributed by atoms with Crippen LogP contribution in [0, 0.1) is 5.92 Å². The van der Waals surface area contributed by atoms with Gasteiger partial charge < -0.3 is 4.74 Å². The van der Waals surface area contributed by atoms with Crippen LogP contribution in [-0.2, 0) is 11.2 Å². The summed E-state index contributed by atoms with van der Waals surface area (Å²) in [7, 11) is 1.66. The van der Waals surface area contributed by atoms with E-state index in [0.717, 1.165) is 36.3 Å². The highest BCUT2D eigenvalue weighted by atomic mass is 16.5. The summed E-state index contributed by atoms with van der Waals surface area (Å²) in [6.45, 7) is 1.59. The summed E-state index contributed by atoms with van der Waals surface area (Å²) < 4.78 is 5.27.